The molecule has 1 aliphatic rings. The lowest BCUT2D eigenvalue weighted by molar-refractivity contribution is -0.136. The molecule has 2 aromatic rings. The third-order valence-corrected chi connectivity index (χ3v) is 5.69. The predicted octanol–water partition coefficient (Wildman–Crippen LogP) is 4.93. The Morgan fingerprint density at radius 3 is 2.33 bits per heavy atom. The summed E-state index contributed by atoms with van der Waals surface area (Å²) in [5.74, 6) is -0.339. The highest BCUT2D eigenvalue weighted by atomic mass is 32.1. The van der Waals surface area contributed by atoms with Crippen LogP contribution in [0.25, 0.3) is 5.57 Å². The Kier molecular flexibility index (Phi) is 6.45. The Morgan fingerprint density at radius 1 is 0.926 bits per heavy atom. The average Bonchev–Trinajstić information content (AvgIpc) is 3.29. The minimum Gasteiger partial charge on any atom is -0.337 e. The van der Waals surface area contributed by atoms with E-state index in [0.717, 1.165) is 36.2 Å². The third kappa shape index (κ3) is 3.98. The average molecular weight is 383 g/mol. The van der Waals surface area contributed by atoms with E-state index in [2.05, 4.69) is 6.92 Å². The van der Waals surface area contributed by atoms with Gasteiger partial charge in [-0.05, 0) is 36.9 Å². The molecule has 1 aromatic carbocycles. The van der Waals surface area contributed by atoms with Gasteiger partial charge in [-0.2, -0.15) is 0 Å². The first kappa shape index (κ1) is 19.4. The fraction of sp³-hybridized carbons (Fsp3) is 0.364. The Hall–Kier alpha value is -2.40. The number of para-hydroxylation sites is 1. The zero-order chi connectivity index (χ0) is 19.2. The molecule has 5 heteroatoms. The molecule has 2 amide bonds. The van der Waals surface area contributed by atoms with Crippen LogP contribution in [0.1, 0.15) is 44.4 Å². The van der Waals surface area contributed by atoms with Crippen molar-refractivity contribution >= 4 is 34.4 Å². The van der Waals surface area contributed by atoms with E-state index in [-0.39, 0.29) is 11.8 Å². The van der Waals surface area contributed by atoms with Crippen molar-refractivity contribution in [2.45, 2.75) is 39.5 Å². The van der Waals surface area contributed by atoms with Gasteiger partial charge in [-0.15, -0.1) is 11.3 Å². The van der Waals surface area contributed by atoms with Gasteiger partial charge in [0.15, 0.2) is 0 Å². The zero-order valence-corrected chi connectivity index (χ0v) is 16.8. The first-order chi connectivity index (χ1) is 13.2. The molecule has 0 atom stereocenters. The number of amides is 2. The van der Waals surface area contributed by atoms with Gasteiger partial charge in [0.1, 0.15) is 5.70 Å². The SMILES string of the molecule is CCCCCCN1C(=O)C(c2cccs2)=C(N(CC)c2ccccc2)C1=O. The number of rotatable bonds is 9. The van der Waals surface area contributed by atoms with Crippen molar-refractivity contribution < 1.29 is 9.59 Å². The highest BCUT2D eigenvalue weighted by Gasteiger charge is 2.41. The zero-order valence-electron chi connectivity index (χ0n) is 16.0. The molecule has 0 N–H and O–H groups in total. The number of likely N-dealkylation sites (N-methyl/N-ethyl adjacent to an activating group) is 1. The maximum Gasteiger partial charge on any atom is 0.278 e. The van der Waals surface area contributed by atoms with Crippen LogP contribution in [0.3, 0.4) is 0 Å². The molecule has 27 heavy (non-hydrogen) atoms. The second kappa shape index (κ2) is 9.00. The van der Waals surface area contributed by atoms with Crippen molar-refractivity contribution in [3.8, 4) is 0 Å². The first-order valence-electron chi connectivity index (χ1n) is 9.66. The van der Waals surface area contributed by atoms with E-state index in [1.807, 2.05) is 59.7 Å². The van der Waals surface area contributed by atoms with E-state index in [1.165, 1.54) is 16.2 Å². The lowest BCUT2D eigenvalue weighted by atomic mass is 10.1. The largest absolute Gasteiger partial charge is 0.337 e. The molecule has 2 heterocycles. The van der Waals surface area contributed by atoms with Crippen LogP contribution >= 0.6 is 11.3 Å². The molecule has 0 saturated heterocycles. The van der Waals surface area contributed by atoms with Crippen LogP contribution in [-0.2, 0) is 9.59 Å². The smallest absolute Gasteiger partial charge is 0.278 e. The van der Waals surface area contributed by atoms with Crippen molar-refractivity contribution in [1.29, 1.82) is 0 Å². The number of anilines is 1. The molecule has 0 saturated carbocycles. The summed E-state index contributed by atoms with van der Waals surface area (Å²) < 4.78 is 0. The fourth-order valence-electron chi connectivity index (χ4n) is 3.43. The highest BCUT2D eigenvalue weighted by molar-refractivity contribution is 7.11. The quantitative estimate of drug-likeness (QED) is 0.456. The molecule has 0 aliphatic carbocycles. The van der Waals surface area contributed by atoms with Gasteiger partial charge in [0.05, 0.1) is 5.57 Å². The van der Waals surface area contributed by atoms with Crippen molar-refractivity contribution in [2.24, 2.45) is 0 Å². The number of carbonyl (C=O) groups excluding carboxylic acids is 2. The number of benzene rings is 1. The van der Waals surface area contributed by atoms with Crippen LogP contribution in [-0.4, -0.2) is 29.8 Å². The molecule has 4 nitrogen and oxygen atoms in total. The van der Waals surface area contributed by atoms with E-state index >= 15 is 0 Å². The predicted molar refractivity (Wildman–Crippen MR) is 112 cm³/mol. The van der Waals surface area contributed by atoms with Gasteiger partial charge in [-0.25, -0.2) is 0 Å². The van der Waals surface area contributed by atoms with E-state index in [9.17, 15) is 9.59 Å². The number of hydrogen-bond acceptors (Lipinski definition) is 4. The summed E-state index contributed by atoms with van der Waals surface area (Å²) in [6.45, 7) is 5.27. The Bertz CT molecular complexity index is 812. The number of imide groups is 1. The maximum atomic E-state index is 13.3. The summed E-state index contributed by atoms with van der Waals surface area (Å²) in [5.41, 5.74) is 1.97. The van der Waals surface area contributed by atoms with Gasteiger partial charge in [-0.3, -0.25) is 14.5 Å². The summed E-state index contributed by atoms with van der Waals surface area (Å²) in [6.07, 6.45) is 4.14. The molecule has 1 aliphatic heterocycles. The first-order valence-corrected chi connectivity index (χ1v) is 10.5. The van der Waals surface area contributed by atoms with Gasteiger partial charge in [0, 0.05) is 23.7 Å². The second-order valence-electron chi connectivity index (χ2n) is 6.60. The number of nitrogens with zero attached hydrogens (tertiary/aromatic N) is 2. The van der Waals surface area contributed by atoms with Crippen LogP contribution in [0.4, 0.5) is 5.69 Å². The normalized spacial score (nSPS) is 14.4. The minimum atomic E-state index is -0.175. The van der Waals surface area contributed by atoms with Crippen LogP contribution < -0.4 is 4.90 Å². The van der Waals surface area contributed by atoms with Crippen LogP contribution in [0.5, 0.6) is 0 Å². The van der Waals surface area contributed by atoms with Crippen LogP contribution in [0, 0.1) is 0 Å². The second-order valence-corrected chi connectivity index (χ2v) is 7.55. The molecule has 0 bridgehead atoms. The molecule has 0 spiro atoms. The van der Waals surface area contributed by atoms with Crippen LogP contribution in [0.15, 0.2) is 53.5 Å². The standard InChI is InChI=1S/C22H26N2O2S/c1-3-5-6-10-15-24-21(25)19(18-14-11-16-27-18)20(22(24)26)23(4-2)17-12-8-7-9-13-17/h7-9,11-14,16H,3-6,10,15H2,1-2H3. The number of hydrogen-bond donors (Lipinski definition) is 0. The summed E-state index contributed by atoms with van der Waals surface area (Å²) in [7, 11) is 0. The van der Waals surface area contributed by atoms with E-state index in [1.54, 1.807) is 0 Å². The van der Waals surface area contributed by atoms with Gasteiger partial charge in [0.2, 0.25) is 0 Å². The lowest BCUT2D eigenvalue weighted by Gasteiger charge is -2.24. The van der Waals surface area contributed by atoms with Gasteiger partial charge >= 0.3 is 0 Å². The van der Waals surface area contributed by atoms with E-state index < -0.39 is 0 Å². The number of thiophene rings is 1. The monoisotopic (exact) mass is 382 g/mol. The summed E-state index contributed by atoms with van der Waals surface area (Å²) >= 11 is 1.50. The number of carbonyl (C=O) groups is 2. The van der Waals surface area contributed by atoms with Crippen molar-refractivity contribution in [3.63, 3.8) is 0 Å². The van der Waals surface area contributed by atoms with Crippen LogP contribution in [0.2, 0.25) is 0 Å². The maximum absolute atomic E-state index is 13.3. The summed E-state index contributed by atoms with van der Waals surface area (Å²) in [6, 6.07) is 13.7. The topological polar surface area (TPSA) is 40.6 Å². The van der Waals surface area contributed by atoms with E-state index in [0.29, 0.717) is 24.4 Å². The van der Waals surface area contributed by atoms with Crippen molar-refractivity contribution in [3.05, 3.63) is 58.4 Å². The van der Waals surface area contributed by atoms with Crippen molar-refractivity contribution in [1.82, 2.24) is 4.90 Å². The molecule has 0 radical (unpaired) electrons. The Labute approximate surface area is 165 Å². The molecule has 3 rings (SSSR count). The summed E-state index contributed by atoms with van der Waals surface area (Å²) in [4.78, 5) is 30.7. The highest BCUT2D eigenvalue weighted by Crippen LogP contribution is 2.36. The van der Waals surface area contributed by atoms with E-state index in [4.69, 9.17) is 0 Å². The molecular weight excluding hydrogens is 356 g/mol. The molecule has 142 valence electrons. The molecular formula is C22H26N2O2S. The third-order valence-electron chi connectivity index (χ3n) is 4.80. The summed E-state index contributed by atoms with van der Waals surface area (Å²) in [5, 5.41) is 1.94. The van der Waals surface area contributed by atoms with Gasteiger partial charge in [-0.1, -0.05) is 50.5 Å². The van der Waals surface area contributed by atoms with Gasteiger partial charge in [0.25, 0.3) is 11.8 Å². The molecule has 1 aromatic heterocycles. The Balaban J connectivity index is 1.98. The Morgan fingerprint density at radius 2 is 1.70 bits per heavy atom. The lowest BCUT2D eigenvalue weighted by Crippen LogP contribution is -2.36. The molecule has 0 fully saturated rings. The van der Waals surface area contributed by atoms with Gasteiger partial charge < -0.3 is 4.90 Å². The minimum absolute atomic E-state index is 0.164. The van der Waals surface area contributed by atoms with Crippen molar-refractivity contribution in [2.75, 3.05) is 18.0 Å². The molecule has 0 unspecified atom stereocenters. The number of unbranched alkanes of at least 4 members (excludes halogenated alkanes) is 3. The fourth-order valence-corrected chi connectivity index (χ4v) is 4.20.